The number of carbonyl (C=O) groups is 3. The van der Waals surface area contributed by atoms with Crippen LogP contribution < -0.4 is 14.8 Å². The highest BCUT2D eigenvalue weighted by Gasteiger charge is 2.36. The number of rotatable bonds is 8. The van der Waals surface area contributed by atoms with Crippen LogP contribution in [0.3, 0.4) is 0 Å². The Morgan fingerprint density at radius 3 is 2.61 bits per heavy atom. The van der Waals surface area contributed by atoms with Crippen molar-refractivity contribution in [2.24, 2.45) is 0 Å². The van der Waals surface area contributed by atoms with Crippen LogP contribution in [0.1, 0.15) is 22.3 Å². The van der Waals surface area contributed by atoms with E-state index in [0.29, 0.717) is 27.8 Å². The van der Waals surface area contributed by atoms with Gasteiger partial charge in [-0.1, -0.05) is 47.5 Å². The number of anilines is 1. The van der Waals surface area contributed by atoms with Crippen molar-refractivity contribution in [3.05, 3.63) is 90.3 Å². The molecule has 0 atom stereocenters. The highest BCUT2D eigenvalue weighted by molar-refractivity contribution is 14.1. The third-order valence-corrected chi connectivity index (χ3v) is 7.79. The number of hydrogen-bond donors (Lipinski definition) is 1. The van der Waals surface area contributed by atoms with Crippen LogP contribution in [0.15, 0.2) is 59.5 Å². The average Bonchev–Trinajstić information content (AvgIpc) is 3.13. The largest absolute Gasteiger partial charge is 0.493 e. The number of methoxy groups -OCH3 is 1. The maximum Gasteiger partial charge on any atom is 0.294 e. The second-order valence-electron chi connectivity index (χ2n) is 8.55. The number of nitrogens with one attached hydrogen (secondary N) is 1. The summed E-state index contributed by atoms with van der Waals surface area (Å²) in [7, 11) is 1.53. The topological polar surface area (TPSA) is 84.9 Å². The molecule has 0 radical (unpaired) electrons. The van der Waals surface area contributed by atoms with Crippen molar-refractivity contribution in [3.8, 4) is 11.5 Å². The van der Waals surface area contributed by atoms with E-state index >= 15 is 0 Å². The van der Waals surface area contributed by atoms with Crippen molar-refractivity contribution in [3.63, 3.8) is 0 Å². The minimum absolute atomic E-state index is 0.219. The molecule has 0 saturated carbocycles. The SMILES string of the molecule is COc1cc(/C=C2/SC(=O)N(CC(=O)Nc3ccc(C)cc3C)C2=O)cc(I)c1OCc1ccccc1Cl. The molecule has 7 nitrogen and oxygen atoms in total. The van der Waals surface area contributed by atoms with Crippen molar-refractivity contribution in [1.29, 1.82) is 0 Å². The van der Waals surface area contributed by atoms with Crippen molar-refractivity contribution in [1.82, 2.24) is 4.90 Å². The van der Waals surface area contributed by atoms with Gasteiger partial charge >= 0.3 is 0 Å². The Hall–Kier alpha value is -3.02. The Bertz CT molecular complexity index is 1460. The van der Waals surface area contributed by atoms with E-state index in [1.807, 2.05) is 50.2 Å². The second kappa shape index (κ2) is 12.2. The standard InChI is InChI=1S/C28H24ClIN2O5S/c1-16-8-9-22(17(2)10-16)31-25(33)14-32-27(34)24(38-28(32)35)13-18-11-21(30)26(23(12-18)36-3)37-15-19-6-4-5-7-20(19)29/h4-13H,14-15H2,1-3H3,(H,31,33)/b24-13+. The summed E-state index contributed by atoms with van der Waals surface area (Å²) in [6.07, 6.45) is 1.61. The molecule has 10 heteroatoms. The predicted molar refractivity (Wildman–Crippen MR) is 159 cm³/mol. The number of aryl methyl sites for hydroxylation is 2. The first-order chi connectivity index (χ1) is 18.2. The van der Waals surface area contributed by atoms with E-state index in [9.17, 15) is 14.4 Å². The number of halogens is 2. The lowest BCUT2D eigenvalue weighted by molar-refractivity contribution is -0.127. The third kappa shape index (κ3) is 6.51. The molecule has 0 unspecified atom stereocenters. The number of ether oxygens (including phenoxy) is 2. The average molecular weight is 663 g/mol. The fourth-order valence-corrected chi connectivity index (χ4v) is 5.61. The van der Waals surface area contributed by atoms with Crippen molar-refractivity contribution in [2.75, 3.05) is 19.0 Å². The molecular formula is C28H24ClIN2O5S. The molecular weight excluding hydrogens is 639 g/mol. The van der Waals surface area contributed by atoms with Gasteiger partial charge in [-0.2, -0.15) is 0 Å². The van der Waals surface area contributed by atoms with Gasteiger partial charge < -0.3 is 14.8 Å². The van der Waals surface area contributed by atoms with Gasteiger partial charge in [-0.25, -0.2) is 0 Å². The lowest BCUT2D eigenvalue weighted by Crippen LogP contribution is -2.36. The Labute approximate surface area is 243 Å². The molecule has 3 aromatic rings. The van der Waals surface area contributed by atoms with Gasteiger partial charge in [-0.3, -0.25) is 19.3 Å². The molecule has 0 bridgehead atoms. The van der Waals surface area contributed by atoms with Crippen molar-refractivity contribution < 1.29 is 23.9 Å². The fourth-order valence-electron chi connectivity index (χ4n) is 3.80. The lowest BCUT2D eigenvalue weighted by atomic mass is 10.1. The summed E-state index contributed by atoms with van der Waals surface area (Å²) in [5, 5.41) is 2.88. The van der Waals surface area contributed by atoms with Crippen LogP contribution in [0.25, 0.3) is 6.08 Å². The van der Waals surface area contributed by atoms with Gasteiger partial charge in [0.1, 0.15) is 13.2 Å². The minimum atomic E-state index is -0.524. The maximum atomic E-state index is 13.0. The quantitative estimate of drug-likeness (QED) is 0.211. The van der Waals surface area contributed by atoms with Crippen LogP contribution >= 0.6 is 46.0 Å². The number of imide groups is 1. The molecule has 1 aliphatic heterocycles. The van der Waals surface area contributed by atoms with Crippen molar-refractivity contribution in [2.45, 2.75) is 20.5 Å². The van der Waals surface area contributed by atoms with E-state index in [1.165, 1.54) is 7.11 Å². The van der Waals surface area contributed by atoms with Gasteiger partial charge in [0.2, 0.25) is 5.91 Å². The molecule has 3 amide bonds. The molecule has 3 aromatic carbocycles. The summed E-state index contributed by atoms with van der Waals surface area (Å²) in [5.41, 5.74) is 4.10. The first kappa shape index (κ1) is 28.0. The number of thioether (sulfide) groups is 1. The zero-order valence-electron chi connectivity index (χ0n) is 20.8. The van der Waals surface area contributed by atoms with Crippen LogP contribution in [0.4, 0.5) is 10.5 Å². The molecule has 196 valence electrons. The summed E-state index contributed by atoms with van der Waals surface area (Å²) in [6.45, 7) is 3.73. The van der Waals surface area contributed by atoms with Gasteiger partial charge in [0.25, 0.3) is 11.1 Å². The van der Waals surface area contributed by atoms with Crippen LogP contribution in [0.5, 0.6) is 11.5 Å². The van der Waals surface area contributed by atoms with E-state index in [-0.39, 0.29) is 18.1 Å². The maximum absolute atomic E-state index is 13.0. The monoisotopic (exact) mass is 662 g/mol. The van der Waals surface area contributed by atoms with Crippen LogP contribution in [0, 0.1) is 17.4 Å². The zero-order valence-corrected chi connectivity index (χ0v) is 24.6. The lowest BCUT2D eigenvalue weighted by Gasteiger charge is -2.15. The van der Waals surface area contributed by atoms with E-state index in [4.69, 9.17) is 21.1 Å². The smallest absolute Gasteiger partial charge is 0.294 e. The molecule has 38 heavy (non-hydrogen) atoms. The molecule has 1 N–H and O–H groups in total. The Morgan fingerprint density at radius 2 is 1.89 bits per heavy atom. The molecule has 1 saturated heterocycles. The van der Waals surface area contributed by atoms with Crippen molar-refractivity contribution >= 4 is 74.8 Å². The number of nitrogens with zero attached hydrogens (tertiary/aromatic N) is 1. The highest BCUT2D eigenvalue weighted by Crippen LogP contribution is 2.38. The Balaban J connectivity index is 1.48. The van der Waals surface area contributed by atoms with E-state index in [0.717, 1.165) is 36.9 Å². The molecule has 0 aromatic heterocycles. The molecule has 4 rings (SSSR count). The molecule has 0 aliphatic carbocycles. The Kier molecular flexibility index (Phi) is 9.01. The third-order valence-electron chi connectivity index (χ3n) is 5.71. The number of carbonyl (C=O) groups excluding carboxylic acids is 3. The highest BCUT2D eigenvalue weighted by atomic mass is 127. The Morgan fingerprint density at radius 1 is 1.13 bits per heavy atom. The predicted octanol–water partition coefficient (Wildman–Crippen LogP) is 6.82. The summed E-state index contributed by atoms with van der Waals surface area (Å²) in [4.78, 5) is 39.3. The van der Waals surface area contributed by atoms with Gasteiger partial charge in [-0.05, 0) is 89.7 Å². The number of benzene rings is 3. The number of amides is 3. The van der Waals surface area contributed by atoms with Crippen LogP contribution in [0.2, 0.25) is 5.02 Å². The molecule has 1 fully saturated rings. The summed E-state index contributed by atoms with van der Waals surface area (Å²) < 4.78 is 12.3. The molecule has 1 heterocycles. The van der Waals surface area contributed by atoms with E-state index < -0.39 is 17.1 Å². The van der Waals surface area contributed by atoms with Gasteiger partial charge in [0.05, 0.1) is 15.6 Å². The molecule has 0 spiro atoms. The van der Waals surface area contributed by atoms with E-state index in [2.05, 4.69) is 27.9 Å². The van der Waals surface area contributed by atoms with Crippen LogP contribution in [-0.4, -0.2) is 35.6 Å². The number of hydrogen-bond acceptors (Lipinski definition) is 6. The minimum Gasteiger partial charge on any atom is -0.493 e. The summed E-state index contributed by atoms with van der Waals surface area (Å²) >= 11 is 9.15. The van der Waals surface area contributed by atoms with Gasteiger partial charge in [0, 0.05) is 16.3 Å². The molecule has 1 aliphatic rings. The van der Waals surface area contributed by atoms with Gasteiger partial charge in [-0.15, -0.1) is 0 Å². The second-order valence-corrected chi connectivity index (χ2v) is 11.1. The first-order valence-electron chi connectivity index (χ1n) is 11.5. The summed E-state index contributed by atoms with van der Waals surface area (Å²) in [6, 6.07) is 16.6. The first-order valence-corrected chi connectivity index (χ1v) is 13.8. The van der Waals surface area contributed by atoms with E-state index in [1.54, 1.807) is 24.3 Å². The normalized spacial score (nSPS) is 14.2. The van der Waals surface area contributed by atoms with Crippen LogP contribution in [-0.2, 0) is 16.2 Å². The van der Waals surface area contributed by atoms with Gasteiger partial charge in [0.15, 0.2) is 11.5 Å². The summed E-state index contributed by atoms with van der Waals surface area (Å²) in [5.74, 6) is 0.0455. The fraction of sp³-hybridized carbons (Fsp3) is 0.179. The zero-order chi connectivity index (χ0) is 27.4.